The van der Waals surface area contributed by atoms with Crippen LogP contribution in [0.5, 0.6) is 0 Å². The maximum Gasteiger partial charge on any atom is 0.349 e. The number of pyridine rings is 1. The maximum absolute atomic E-state index is 13.4. The molecule has 0 fully saturated rings. The highest BCUT2D eigenvalue weighted by Gasteiger charge is 2.23. The first-order valence-corrected chi connectivity index (χ1v) is 9.49. The molecule has 0 radical (unpaired) electrons. The Kier molecular flexibility index (Phi) is 5.20. The molecule has 29 heavy (non-hydrogen) atoms. The van der Waals surface area contributed by atoms with E-state index < -0.39 is 11.5 Å². The fraction of sp³-hybridized carbons (Fsp3) is 0.125. The number of carbonyl (C=O) groups excluding carboxylic acids is 1. The summed E-state index contributed by atoms with van der Waals surface area (Å²) in [6, 6.07) is 22.1. The molecule has 2 aromatic heterocycles. The average molecular weight is 384 g/mol. The Morgan fingerprint density at radius 1 is 0.966 bits per heavy atom. The van der Waals surface area contributed by atoms with E-state index >= 15 is 0 Å². The predicted molar refractivity (Wildman–Crippen MR) is 113 cm³/mol. The molecule has 0 spiro atoms. The highest BCUT2D eigenvalue weighted by molar-refractivity contribution is 6.06. The molecule has 0 saturated carbocycles. The van der Waals surface area contributed by atoms with Crippen molar-refractivity contribution in [2.24, 2.45) is 0 Å². The monoisotopic (exact) mass is 384 g/mol. The summed E-state index contributed by atoms with van der Waals surface area (Å²) >= 11 is 0. The first-order valence-electron chi connectivity index (χ1n) is 9.49. The molecule has 4 aromatic rings. The standard InChI is InChI=1S/C24H20N2O3/c1-2-17-10-12-18(13-11-17)16-26(22-9-5-6-14-25-22)23(27)20-15-19-7-3-4-8-21(19)29-24(20)28/h3-15H,2,16H2,1H3. The number of amides is 1. The molecule has 2 aromatic carbocycles. The zero-order valence-corrected chi connectivity index (χ0v) is 16.0. The Labute approximate surface area is 168 Å². The molecule has 144 valence electrons. The Morgan fingerprint density at radius 2 is 1.69 bits per heavy atom. The summed E-state index contributed by atoms with van der Waals surface area (Å²) in [6.07, 6.45) is 2.57. The first kappa shape index (κ1) is 18.6. The lowest BCUT2D eigenvalue weighted by Crippen LogP contribution is -2.34. The lowest BCUT2D eigenvalue weighted by atomic mass is 10.1. The quantitative estimate of drug-likeness (QED) is 0.472. The number of hydrogen-bond acceptors (Lipinski definition) is 4. The molecule has 0 unspecified atom stereocenters. The van der Waals surface area contributed by atoms with Crippen molar-refractivity contribution in [2.75, 3.05) is 4.90 Å². The second-order valence-electron chi connectivity index (χ2n) is 6.73. The van der Waals surface area contributed by atoms with Crippen LogP contribution in [-0.4, -0.2) is 10.9 Å². The molecule has 1 amide bonds. The molecule has 0 aliphatic carbocycles. The largest absolute Gasteiger partial charge is 0.422 e. The Hall–Kier alpha value is -3.73. The molecule has 0 atom stereocenters. The topological polar surface area (TPSA) is 63.4 Å². The van der Waals surface area contributed by atoms with Gasteiger partial charge in [-0.2, -0.15) is 0 Å². The van der Waals surface area contributed by atoms with E-state index in [-0.39, 0.29) is 5.56 Å². The van der Waals surface area contributed by atoms with E-state index in [9.17, 15) is 9.59 Å². The summed E-state index contributed by atoms with van der Waals surface area (Å²) < 4.78 is 5.36. The van der Waals surface area contributed by atoms with Crippen molar-refractivity contribution in [3.8, 4) is 0 Å². The van der Waals surface area contributed by atoms with Gasteiger partial charge in [-0.05, 0) is 41.8 Å². The van der Waals surface area contributed by atoms with Crippen molar-refractivity contribution >= 4 is 22.7 Å². The van der Waals surface area contributed by atoms with Gasteiger partial charge in [-0.25, -0.2) is 9.78 Å². The second kappa shape index (κ2) is 8.10. The Morgan fingerprint density at radius 3 is 2.41 bits per heavy atom. The normalized spacial score (nSPS) is 10.8. The number of hydrogen-bond donors (Lipinski definition) is 0. The van der Waals surface area contributed by atoms with Crippen molar-refractivity contribution in [2.45, 2.75) is 19.9 Å². The summed E-state index contributed by atoms with van der Waals surface area (Å²) in [6.45, 7) is 2.39. The molecule has 5 nitrogen and oxygen atoms in total. The number of rotatable bonds is 5. The van der Waals surface area contributed by atoms with Gasteiger partial charge < -0.3 is 4.42 Å². The van der Waals surface area contributed by atoms with E-state index in [1.54, 1.807) is 36.5 Å². The number of nitrogens with zero attached hydrogens (tertiary/aromatic N) is 2. The third kappa shape index (κ3) is 3.94. The lowest BCUT2D eigenvalue weighted by Gasteiger charge is -2.21. The summed E-state index contributed by atoms with van der Waals surface area (Å²) in [5.41, 5.74) is 1.95. The van der Waals surface area contributed by atoms with Crippen LogP contribution in [0, 0.1) is 0 Å². The van der Waals surface area contributed by atoms with E-state index in [0.717, 1.165) is 12.0 Å². The van der Waals surface area contributed by atoms with Crippen LogP contribution in [0.15, 0.2) is 88.2 Å². The molecule has 0 bridgehead atoms. The van der Waals surface area contributed by atoms with Gasteiger partial charge in [0.2, 0.25) is 0 Å². The molecule has 0 N–H and O–H groups in total. The van der Waals surface area contributed by atoms with Gasteiger partial charge in [0.05, 0.1) is 6.54 Å². The molecule has 4 rings (SSSR count). The van der Waals surface area contributed by atoms with E-state index in [2.05, 4.69) is 11.9 Å². The minimum absolute atomic E-state index is 0.0143. The van der Waals surface area contributed by atoms with Crippen LogP contribution in [0.25, 0.3) is 11.0 Å². The van der Waals surface area contributed by atoms with Gasteiger partial charge in [0.1, 0.15) is 17.0 Å². The number of para-hydroxylation sites is 1. The van der Waals surface area contributed by atoms with Gasteiger partial charge in [-0.1, -0.05) is 55.5 Å². The van der Waals surface area contributed by atoms with Gasteiger partial charge >= 0.3 is 5.63 Å². The second-order valence-corrected chi connectivity index (χ2v) is 6.73. The fourth-order valence-corrected chi connectivity index (χ4v) is 3.19. The summed E-state index contributed by atoms with van der Waals surface area (Å²) in [4.78, 5) is 31.7. The third-order valence-electron chi connectivity index (χ3n) is 4.81. The van der Waals surface area contributed by atoms with Gasteiger partial charge in [-0.15, -0.1) is 0 Å². The van der Waals surface area contributed by atoms with Crippen molar-refractivity contribution in [3.63, 3.8) is 0 Å². The third-order valence-corrected chi connectivity index (χ3v) is 4.81. The van der Waals surface area contributed by atoms with Crippen molar-refractivity contribution in [3.05, 3.63) is 106 Å². The van der Waals surface area contributed by atoms with Gasteiger partial charge in [0, 0.05) is 11.6 Å². The van der Waals surface area contributed by atoms with Gasteiger partial charge in [0.15, 0.2) is 0 Å². The van der Waals surface area contributed by atoms with Crippen molar-refractivity contribution in [1.82, 2.24) is 4.98 Å². The average Bonchev–Trinajstić information content (AvgIpc) is 2.77. The van der Waals surface area contributed by atoms with E-state index in [4.69, 9.17) is 4.42 Å². The number of benzene rings is 2. The van der Waals surface area contributed by atoms with Crippen LogP contribution < -0.4 is 10.5 Å². The number of anilines is 1. The number of aryl methyl sites for hydroxylation is 1. The van der Waals surface area contributed by atoms with Crippen LogP contribution >= 0.6 is 0 Å². The van der Waals surface area contributed by atoms with Crippen LogP contribution in [0.4, 0.5) is 5.82 Å². The highest BCUT2D eigenvalue weighted by Crippen LogP contribution is 2.19. The van der Waals surface area contributed by atoms with E-state index in [1.165, 1.54) is 10.5 Å². The minimum Gasteiger partial charge on any atom is -0.422 e. The molecule has 0 aliphatic rings. The van der Waals surface area contributed by atoms with Crippen molar-refractivity contribution < 1.29 is 9.21 Å². The number of carbonyl (C=O) groups is 1. The van der Waals surface area contributed by atoms with E-state index in [0.29, 0.717) is 23.3 Å². The molecular formula is C24H20N2O3. The number of fused-ring (bicyclic) bond motifs is 1. The van der Waals surface area contributed by atoms with Crippen LogP contribution in [0.1, 0.15) is 28.4 Å². The highest BCUT2D eigenvalue weighted by atomic mass is 16.4. The van der Waals surface area contributed by atoms with E-state index in [1.807, 2.05) is 42.5 Å². The molecule has 5 heteroatoms. The summed E-state index contributed by atoms with van der Waals surface area (Å²) in [5.74, 6) is 0.0346. The van der Waals surface area contributed by atoms with Crippen LogP contribution in [0.3, 0.4) is 0 Å². The predicted octanol–water partition coefficient (Wildman–Crippen LogP) is 4.60. The molecule has 0 aliphatic heterocycles. The molecule has 2 heterocycles. The maximum atomic E-state index is 13.4. The minimum atomic E-state index is -0.657. The Balaban J connectivity index is 1.75. The summed E-state index contributed by atoms with van der Waals surface area (Å²) in [7, 11) is 0. The van der Waals surface area contributed by atoms with Gasteiger partial charge in [-0.3, -0.25) is 9.69 Å². The SMILES string of the molecule is CCc1ccc(CN(C(=O)c2cc3ccccc3oc2=O)c2ccccn2)cc1. The molecule has 0 saturated heterocycles. The molecular weight excluding hydrogens is 364 g/mol. The van der Waals surface area contributed by atoms with Gasteiger partial charge in [0.25, 0.3) is 5.91 Å². The van der Waals surface area contributed by atoms with Crippen LogP contribution in [-0.2, 0) is 13.0 Å². The fourth-order valence-electron chi connectivity index (χ4n) is 3.19. The first-order chi connectivity index (χ1) is 14.2. The van der Waals surface area contributed by atoms with Crippen molar-refractivity contribution in [1.29, 1.82) is 0 Å². The lowest BCUT2D eigenvalue weighted by molar-refractivity contribution is 0.0981. The zero-order valence-electron chi connectivity index (χ0n) is 16.0. The zero-order chi connectivity index (χ0) is 20.2. The number of aromatic nitrogens is 1. The Bertz CT molecular complexity index is 1200. The smallest absolute Gasteiger partial charge is 0.349 e. The summed E-state index contributed by atoms with van der Waals surface area (Å²) in [5, 5.41) is 0.698. The van der Waals surface area contributed by atoms with Crippen LogP contribution in [0.2, 0.25) is 0 Å².